The Morgan fingerprint density at radius 2 is 2.00 bits per heavy atom. The van der Waals surface area contributed by atoms with E-state index in [1.54, 1.807) is 12.1 Å². The molecule has 1 aromatic carbocycles. The molecule has 4 nitrogen and oxygen atoms in total. The third-order valence-corrected chi connectivity index (χ3v) is 2.57. The average Bonchev–Trinajstić information content (AvgIpc) is 2.79. The molecular formula is C11H14BrNO3. The molecule has 0 unspecified atom stereocenters. The number of benzene rings is 1. The molecule has 1 aromatic rings. The van der Waals surface area contributed by atoms with Gasteiger partial charge in [-0.15, -0.1) is 0 Å². The molecule has 3 N–H and O–H groups in total. The van der Waals surface area contributed by atoms with Crippen molar-refractivity contribution < 1.29 is 14.6 Å². The summed E-state index contributed by atoms with van der Waals surface area (Å²) in [6.07, 6.45) is 2.56. The van der Waals surface area contributed by atoms with Crippen LogP contribution in [-0.2, 0) is 4.74 Å². The van der Waals surface area contributed by atoms with Crippen LogP contribution in [-0.4, -0.2) is 24.3 Å². The van der Waals surface area contributed by atoms with Crippen LogP contribution in [0.15, 0.2) is 22.7 Å². The van der Waals surface area contributed by atoms with Crippen molar-refractivity contribution in [1.29, 1.82) is 0 Å². The average molecular weight is 288 g/mol. The number of rotatable bonds is 1. The zero-order valence-corrected chi connectivity index (χ0v) is 10.4. The number of carboxylic acids is 1. The number of anilines is 1. The summed E-state index contributed by atoms with van der Waals surface area (Å²) in [6.45, 7) is 2.00. The summed E-state index contributed by atoms with van der Waals surface area (Å²) in [5, 5.41) is 8.59. The molecule has 0 aromatic heterocycles. The van der Waals surface area contributed by atoms with Crippen LogP contribution in [0.1, 0.15) is 23.2 Å². The normalized spacial score (nSPS) is 14.1. The van der Waals surface area contributed by atoms with Crippen molar-refractivity contribution in [2.24, 2.45) is 0 Å². The highest BCUT2D eigenvalue weighted by Gasteiger charge is 2.06. The van der Waals surface area contributed by atoms with Gasteiger partial charge in [0.2, 0.25) is 0 Å². The molecule has 1 fully saturated rings. The van der Waals surface area contributed by atoms with E-state index in [0.717, 1.165) is 13.2 Å². The maximum absolute atomic E-state index is 10.5. The molecule has 0 saturated carbocycles. The number of carboxylic acid groups (broad SMARTS) is 1. The van der Waals surface area contributed by atoms with E-state index in [4.69, 9.17) is 15.6 Å². The molecule has 0 amide bonds. The summed E-state index contributed by atoms with van der Waals surface area (Å²) >= 11 is 3.15. The summed E-state index contributed by atoms with van der Waals surface area (Å²) in [5.41, 5.74) is 5.79. The van der Waals surface area contributed by atoms with E-state index in [1.807, 2.05) is 0 Å². The van der Waals surface area contributed by atoms with Crippen LogP contribution < -0.4 is 5.73 Å². The Balaban J connectivity index is 0.000000212. The maximum atomic E-state index is 10.5. The van der Waals surface area contributed by atoms with Crippen LogP contribution in [0.4, 0.5) is 5.69 Å². The van der Waals surface area contributed by atoms with Crippen molar-refractivity contribution in [3.63, 3.8) is 0 Å². The maximum Gasteiger partial charge on any atom is 0.337 e. The lowest BCUT2D eigenvalue weighted by Crippen LogP contribution is -2.01. The van der Waals surface area contributed by atoms with Crippen LogP contribution in [0.3, 0.4) is 0 Å². The molecule has 5 heteroatoms. The SMILES string of the molecule is C1CCOC1.Nc1ccc(Br)cc1C(=O)O. The lowest BCUT2D eigenvalue weighted by Gasteiger charge is -1.99. The summed E-state index contributed by atoms with van der Waals surface area (Å²) in [7, 11) is 0. The van der Waals surface area contributed by atoms with Crippen molar-refractivity contribution in [1.82, 2.24) is 0 Å². The fraction of sp³-hybridized carbons (Fsp3) is 0.364. The van der Waals surface area contributed by atoms with E-state index in [-0.39, 0.29) is 11.3 Å². The van der Waals surface area contributed by atoms with Crippen molar-refractivity contribution in [2.75, 3.05) is 18.9 Å². The van der Waals surface area contributed by atoms with Gasteiger partial charge in [0.25, 0.3) is 0 Å². The van der Waals surface area contributed by atoms with Crippen molar-refractivity contribution in [3.05, 3.63) is 28.2 Å². The predicted molar refractivity (Wildman–Crippen MR) is 65.6 cm³/mol. The zero-order valence-electron chi connectivity index (χ0n) is 8.78. The lowest BCUT2D eigenvalue weighted by molar-refractivity contribution is 0.0698. The second-order valence-electron chi connectivity index (χ2n) is 3.36. The van der Waals surface area contributed by atoms with Crippen molar-refractivity contribution in [2.45, 2.75) is 12.8 Å². The Bertz CT molecular complexity index is 357. The van der Waals surface area contributed by atoms with Crippen LogP contribution in [0, 0.1) is 0 Å². The molecule has 1 aliphatic rings. The van der Waals surface area contributed by atoms with Gasteiger partial charge in [-0.3, -0.25) is 0 Å². The monoisotopic (exact) mass is 287 g/mol. The third-order valence-electron chi connectivity index (χ3n) is 2.07. The Hall–Kier alpha value is -1.07. The van der Waals surface area contributed by atoms with E-state index < -0.39 is 5.97 Å². The first-order valence-electron chi connectivity index (χ1n) is 4.97. The number of hydrogen-bond donors (Lipinski definition) is 2. The molecule has 0 bridgehead atoms. The smallest absolute Gasteiger partial charge is 0.337 e. The number of aromatic carboxylic acids is 1. The molecule has 0 aliphatic carbocycles. The number of carbonyl (C=O) groups is 1. The van der Waals surface area contributed by atoms with Crippen molar-refractivity contribution >= 4 is 27.6 Å². The van der Waals surface area contributed by atoms with E-state index in [9.17, 15) is 4.79 Å². The fourth-order valence-corrected chi connectivity index (χ4v) is 1.59. The molecule has 0 radical (unpaired) electrons. The van der Waals surface area contributed by atoms with Gasteiger partial charge < -0.3 is 15.6 Å². The van der Waals surface area contributed by atoms with Crippen LogP contribution in [0.5, 0.6) is 0 Å². The molecule has 16 heavy (non-hydrogen) atoms. The first kappa shape index (κ1) is 13.0. The van der Waals surface area contributed by atoms with E-state index in [2.05, 4.69) is 15.9 Å². The highest BCUT2D eigenvalue weighted by molar-refractivity contribution is 9.10. The standard InChI is InChI=1S/C7H6BrNO2.C4H8O/c8-4-1-2-6(9)5(3-4)7(10)11;1-2-4-5-3-1/h1-3H,9H2,(H,10,11);1-4H2. The minimum Gasteiger partial charge on any atom is -0.478 e. The Kier molecular flexibility index (Phi) is 5.28. The first-order valence-corrected chi connectivity index (χ1v) is 5.76. The lowest BCUT2D eigenvalue weighted by atomic mass is 10.2. The third kappa shape index (κ3) is 4.20. The second kappa shape index (κ2) is 6.50. The first-order chi connectivity index (χ1) is 7.61. The summed E-state index contributed by atoms with van der Waals surface area (Å²) in [6, 6.07) is 4.72. The second-order valence-corrected chi connectivity index (χ2v) is 4.27. The number of nitrogen functional groups attached to an aromatic ring is 1. The van der Waals surface area contributed by atoms with Gasteiger partial charge in [0.1, 0.15) is 0 Å². The van der Waals surface area contributed by atoms with Gasteiger partial charge in [0.15, 0.2) is 0 Å². The van der Waals surface area contributed by atoms with Gasteiger partial charge in [-0.1, -0.05) is 15.9 Å². The molecule has 0 spiro atoms. The molecule has 2 rings (SSSR count). The number of nitrogens with two attached hydrogens (primary N) is 1. The highest BCUT2D eigenvalue weighted by Crippen LogP contribution is 2.17. The van der Waals surface area contributed by atoms with Gasteiger partial charge >= 0.3 is 5.97 Å². The van der Waals surface area contributed by atoms with E-state index in [0.29, 0.717) is 4.47 Å². The Labute approximate surface area is 103 Å². The van der Waals surface area contributed by atoms with E-state index in [1.165, 1.54) is 18.9 Å². The highest BCUT2D eigenvalue weighted by atomic mass is 79.9. The largest absolute Gasteiger partial charge is 0.478 e. The number of hydrogen-bond acceptors (Lipinski definition) is 3. The quantitative estimate of drug-likeness (QED) is 0.779. The molecule has 0 atom stereocenters. The van der Waals surface area contributed by atoms with Crippen molar-refractivity contribution in [3.8, 4) is 0 Å². The molecule has 1 heterocycles. The minimum atomic E-state index is -1.01. The molecule has 1 aliphatic heterocycles. The van der Waals surface area contributed by atoms with Gasteiger partial charge in [-0.25, -0.2) is 4.79 Å². The van der Waals surface area contributed by atoms with E-state index >= 15 is 0 Å². The van der Waals surface area contributed by atoms with Crippen LogP contribution in [0.2, 0.25) is 0 Å². The topological polar surface area (TPSA) is 72.5 Å². The van der Waals surface area contributed by atoms with Gasteiger partial charge in [-0.05, 0) is 31.0 Å². The van der Waals surface area contributed by atoms with Gasteiger partial charge in [0, 0.05) is 23.4 Å². The molecule has 88 valence electrons. The minimum absolute atomic E-state index is 0.124. The van der Waals surface area contributed by atoms with Crippen LogP contribution in [0.25, 0.3) is 0 Å². The zero-order chi connectivity index (χ0) is 12.0. The fourth-order valence-electron chi connectivity index (χ4n) is 1.22. The number of ether oxygens (including phenoxy) is 1. The Morgan fingerprint density at radius 3 is 2.38 bits per heavy atom. The predicted octanol–water partition coefficient (Wildman–Crippen LogP) is 2.53. The summed E-state index contributed by atoms with van der Waals surface area (Å²) in [4.78, 5) is 10.5. The van der Waals surface area contributed by atoms with Gasteiger partial charge in [-0.2, -0.15) is 0 Å². The Morgan fingerprint density at radius 1 is 1.38 bits per heavy atom. The molecular weight excluding hydrogens is 274 g/mol. The van der Waals surface area contributed by atoms with Crippen LogP contribution >= 0.6 is 15.9 Å². The summed E-state index contributed by atoms with van der Waals surface area (Å²) in [5.74, 6) is -1.01. The molecule has 1 saturated heterocycles. The van der Waals surface area contributed by atoms with Gasteiger partial charge in [0.05, 0.1) is 5.56 Å². The summed E-state index contributed by atoms with van der Waals surface area (Å²) < 4.78 is 5.66. The number of halogens is 1.